The molecule has 3 heterocycles. The molecule has 0 saturated carbocycles. The van der Waals surface area contributed by atoms with Crippen molar-refractivity contribution in [1.29, 1.82) is 5.26 Å². The van der Waals surface area contributed by atoms with Gasteiger partial charge < -0.3 is 4.57 Å². The Morgan fingerprint density at radius 3 is 2.33 bits per heavy atom. The number of piperidine rings is 1. The summed E-state index contributed by atoms with van der Waals surface area (Å²) in [7, 11) is -3.49. The van der Waals surface area contributed by atoms with E-state index in [0.29, 0.717) is 35.3 Å². The van der Waals surface area contributed by atoms with Gasteiger partial charge in [0.05, 0.1) is 33.5 Å². The third-order valence-corrected chi connectivity index (χ3v) is 9.07. The Morgan fingerprint density at radius 1 is 0.872 bits per heavy atom. The van der Waals surface area contributed by atoms with Crippen molar-refractivity contribution < 1.29 is 8.42 Å². The maximum absolute atomic E-state index is 13.3. The molecule has 39 heavy (non-hydrogen) atoms. The number of hydrogen-bond acceptors (Lipinski definition) is 6. The molecule has 0 unspecified atom stereocenters. The van der Waals surface area contributed by atoms with Crippen LogP contribution in [0.1, 0.15) is 24.4 Å². The number of pyridine rings is 1. The summed E-state index contributed by atoms with van der Waals surface area (Å²) in [5.74, 6) is -0.00583. The van der Waals surface area contributed by atoms with Crippen LogP contribution in [0.25, 0.3) is 33.4 Å². The molecule has 1 aliphatic rings. The van der Waals surface area contributed by atoms with Crippen molar-refractivity contribution in [3.05, 3.63) is 103 Å². The minimum absolute atomic E-state index is 0.00583. The second-order valence-electron chi connectivity index (χ2n) is 9.86. The Hall–Kier alpha value is -4.32. The lowest BCUT2D eigenvalue weighted by Crippen LogP contribution is -2.37. The van der Waals surface area contributed by atoms with Gasteiger partial charge in [-0.1, -0.05) is 54.6 Å². The summed E-state index contributed by atoms with van der Waals surface area (Å²) in [6.45, 7) is 1.42. The Kier molecular flexibility index (Phi) is 6.69. The summed E-state index contributed by atoms with van der Waals surface area (Å²) in [6.07, 6.45) is 5.20. The van der Waals surface area contributed by atoms with Crippen molar-refractivity contribution in [3.8, 4) is 28.5 Å². The summed E-state index contributed by atoms with van der Waals surface area (Å²) >= 11 is 0. The second-order valence-corrected chi connectivity index (χ2v) is 11.8. The van der Waals surface area contributed by atoms with Crippen LogP contribution < -0.4 is 0 Å². The molecule has 3 aromatic carbocycles. The highest BCUT2D eigenvalue weighted by Gasteiger charge is 2.26. The molecule has 0 bridgehead atoms. The first kappa shape index (κ1) is 25.0. The van der Waals surface area contributed by atoms with E-state index in [0.717, 1.165) is 40.6 Å². The number of sulfone groups is 1. The minimum atomic E-state index is -3.49. The number of imidazole rings is 1. The van der Waals surface area contributed by atoms with E-state index in [2.05, 4.69) is 26.7 Å². The first-order valence-electron chi connectivity index (χ1n) is 12.9. The molecule has 7 nitrogen and oxygen atoms in total. The van der Waals surface area contributed by atoms with Crippen LogP contribution in [0.4, 0.5) is 0 Å². The van der Waals surface area contributed by atoms with Crippen molar-refractivity contribution in [3.63, 3.8) is 0 Å². The monoisotopic (exact) mass is 533 g/mol. The van der Waals surface area contributed by atoms with E-state index >= 15 is 0 Å². The number of rotatable bonds is 6. The fraction of sp³-hybridized carbons (Fsp3) is 0.194. The maximum atomic E-state index is 13.3. The Morgan fingerprint density at radius 2 is 1.59 bits per heavy atom. The average molecular weight is 534 g/mol. The standard InChI is InChI=1S/C31H27N5O2S/c32-19-23-18-28(24-6-2-1-3-7-24)31(33-20-23)25-10-12-27(13-11-25)39(37,38)22-35-16-14-26(15-17-35)36-21-34-29-8-4-5-9-30(29)36/h1-13,18,20-21,26H,14-17,22H2. The Balaban J connectivity index is 1.17. The van der Waals surface area contributed by atoms with Gasteiger partial charge in [-0.25, -0.2) is 13.4 Å². The molecule has 8 heteroatoms. The lowest BCUT2D eigenvalue weighted by molar-refractivity contribution is 0.212. The molecule has 2 aromatic heterocycles. The van der Waals surface area contributed by atoms with E-state index in [1.165, 1.54) is 0 Å². The fourth-order valence-corrected chi connectivity index (χ4v) is 6.76. The van der Waals surface area contributed by atoms with Crippen LogP contribution in [0.15, 0.2) is 102 Å². The minimum Gasteiger partial charge on any atom is -0.327 e. The van der Waals surface area contributed by atoms with Gasteiger partial charge >= 0.3 is 0 Å². The zero-order valence-electron chi connectivity index (χ0n) is 21.3. The van der Waals surface area contributed by atoms with Gasteiger partial charge in [0, 0.05) is 36.5 Å². The van der Waals surface area contributed by atoms with Crippen molar-refractivity contribution >= 4 is 20.9 Å². The molecule has 1 saturated heterocycles. The number of aromatic nitrogens is 3. The number of nitrogens with zero attached hydrogens (tertiary/aromatic N) is 5. The predicted octanol–water partition coefficient (Wildman–Crippen LogP) is 5.71. The number of fused-ring (bicyclic) bond motifs is 1. The molecule has 0 amide bonds. The molecular weight excluding hydrogens is 506 g/mol. The number of nitriles is 1. The van der Waals surface area contributed by atoms with Crippen LogP contribution in [0.2, 0.25) is 0 Å². The van der Waals surface area contributed by atoms with E-state index in [4.69, 9.17) is 0 Å². The highest BCUT2D eigenvalue weighted by Crippen LogP contribution is 2.32. The number of hydrogen-bond donors (Lipinski definition) is 0. The molecule has 0 N–H and O–H groups in total. The van der Waals surface area contributed by atoms with Gasteiger partial charge in [0.2, 0.25) is 0 Å². The predicted molar refractivity (Wildman–Crippen MR) is 151 cm³/mol. The Bertz CT molecular complexity index is 1770. The SMILES string of the molecule is N#Cc1cnc(-c2ccc(S(=O)(=O)CN3CCC(n4cnc5ccccc54)CC3)cc2)c(-c2ccccc2)c1. The van der Waals surface area contributed by atoms with Crippen molar-refractivity contribution in [1.82, 2.24) is 19.4 Å². The van der Waals surface area contributed by atoms with Gasteiger partial charge in [-0.15, -0.1) is 0 Å². The zero-order chi connectivity index (χ0) is 26.8. The molecule has 0 spiro atoms. The van der Waals surface area contributed by atoms with Crippen LogP contribution >= 0.6 is 0 Å². The third-order valence-electron chi connectivity index (χ3n) is 7.37. The summed E-state index contributed by atoms with van der Waals surface area (Å²) in [5.41, 5.74) is 5.86. The van der Waals surface area contributed by atoms with Crippen LogP contribution in [-0.2, 0) is 9.84 Å². The average Bonchev–Trinajstić information content (AvgIpc) is 3.42. The first-order valence-corrected chi connectivity index (χ1v) is 14.6. The topological polar surface area (TPSA) is 91.9 Å². The van der Waals surface area contributed by atoms with Gasteiger partial charge in [-0.2, -0.15) is 5.26 Å². The van der Waals surface area contributed by atoms with E-state index in [9.17, 15) is 13.7 Å². The van der Waals surface area contributed by atoms with E-state index in [1.807, 2.05) is 65.8 Å². The highest BCUT2D eigenvalue weighted by atomic mass is 32.2. The van der Waals surface area contributed by atoms with Crippen LogP contribution in [0, 0.1) is 11.3 Å². The van der Waals surface area contributed by atoms with Crippen molar-refractivity contribution in [2.45, 2.75) is 23.8 Å². The quantitative estimate of drug-likeness (QED) is 0.278. The highest BCUT2D eigenvalue weighted by molar-refractivity contribution is 7.91. The third kappa shape index (κ3) is 5.07. The fourth-order valence-electron chi connectivity index (χ4n) is 5.32. The molecule has 0 radical (unpaired) electrons. The number of para-hydroxylation sites is 2. The van der Waals surface area contributed by atoms with E-state index in [-0.39, 0.29) is 5.88 Å². The molecule has 0 atom stereocenters. The maximum Gasteiger partial charge on any atom is 0.191 e. The lowest BCUT2D eigenvalue weighted by atomic mass is 9.98. The number of likely N-dealkylation sites (tertiary alicyclic amines) is 1. The Labute approximate surface area is 227 Å². The number of benzene rings is 3. The molecular formula is C31H27N5O2S. The van der Waals surface area contributed by atoms with Crippen LogP contribution in [-0.4, -0.2) is 46.8 Å². The zero-order valence-corrected chi connectivity index (χ0v) is 22.1. The summed E-state index contributed by atoms with van der Waals surface area (Å²) in [4.78, 5) is 11.4. The van der Waals surface area contributed by atoms with Crippen molar-refractivity contribution in [2.75, 3.05) is 19.0 Å². The summed E-state index contributed by atoms with van der Waals surface area (Å²) in [5, 5.41) is 9.37. The van der Waals surface area contributed by atoms with Gasteiger partial charge in [0.15, 0.2) is 9.84 Å². The second kappa shape index (κ2) is 10.4. The molecule has 6 rings (SSSR count). The van der Waals surface area contributed by atoms with Crippen LogP contribution in [0.5, 0.6) is 0 Å². The van der Waals surface area contributed by atoms with Gasteiger partial charge in [0.1, 0.15) is 11.9 Å². The van der Waals surface area contributed by atoms with Crippen molar-refractivity contribution in [2.24, 2.45) is 0 Å². The lowest BCUT2D eigenvalue weighted by Gasteiger charge is -2.32. The first-order chi connectivity index (χ1) is 19.0. The molecule has 0 aliphatic carbocycles. The molecule has 194 valence electrons. The van der Waals surface area contributed by atoms with Gasteiger partial charge in [-0.05, 0) is 48.7 Å². The normalized spacial score (nSPS) is 14.8. The largest absolute Gasteiger partial charge is 0.327 e. The van der Waals surface area contributed by atoms with Gasteiger partial charge in [0.25, 0.3) is 0 Å². The summed E-state index contributed by atoms with van der Waals surface area (Å²) < 4.78 is 28.8. The molecule has 1 fully saturated rings. The van der Waals surface area contributed by atoms with Crippen LogP contribution in [0.3, 0.4) is 0 Å². The van der Waals surface area contributed by atoms with Gasteiger partial charge in [-0.3, -0.25) is 9.88 Å². The molecule has 1 aliphatic heterocycles. The molecule has 5 aromatic rings. The smallest absolute Gasteiger partial charge is 0.191 e. The summed E-state index contributed by atoms with van der Waals surface area (Å²) in [6, 6.07) is 29.0. The van der Waals surface area contributed by atoms with E-state index in [1.54, 1.807) is 30.5 Å². The van der Waals surface area contributed by atoms with E-state index < -0.39 is 9.84 Å².